The van der Waals surface area contributed by atoms with Crippen molar-refractivity contribution in [3.05, 3.63) is 47.2 Å². The van der Waals surface area contributed by atoms with Crippen LogP contribution in [0.2, 0.25) is 0 Å². The summed E-state index contributed by atoms with van der Waals surface area (Å²) in [4.78, 5) is 23.6. The quantitative estimate of drug-likeness (QED) is 0.658. The fourth-order valence-corrected chi connectivity index (χ4v) is 2.00. The molecule has 8 heteroatoms. The highest BCUT2D eigenvalue weighted by Crippen LogP contribution is 2.22. The first-order chi connectivity index (χ1) is 11.5. The van der Waals surface area contributed by atoms with Crippen molar-refractivity contribution in [2.24, 2.45) is 5.10 Å². The van der Waals surface area contributed by atoms with Crippen LogP contribution in [0.15, 0.2) is 35.6 Å². The molecule has 126 valence electrons. The van der Waals surface area contributed by atoms with Crippen LogP contribution in [0.1, 0.15) is 26.3 Å². The average Bonchev–Trinajstić information content (AvgIpc) is 2.95. The molecule has 0 saturated carbocycles. The number of nitrogens with zero attached hydrogens (tertiary/aromatic N) is 2. The van der Waals surface area contributed by atoms with E-state index in [0.29, 0.717) is 5.75 Å². The molecular weight excluding hydrogens is 314 g/mol. The first-order valence-corrected chi connectivity index (χ1v) is 6.87. The molecule has 24 heavy (non-hydrogen) atoms. The molecule has 0 bridgehead atoms. The number of rotatable bonds is 5. The van der Waals surface area contributed by atoms with Gasteiger partial charge in [0.1, 0.15) is 17.1 Å². The van der Waals surface area contributed by atoms with Crippen molar-refractivity contribution < 1.29 is 23.8 Å². The van der Waals surface area contributed by atoms with Gasteiger partial charge in [-0.1, -0.05) is 0 Å². The summed E-state index contributed by atoms with van der Waals surface area (Å²) < 4.78 is 15.6. The van der Waals surface area contributed by atoms with Crippen LogP contribution in [0.5, 0.6) is 5.75 Å². The Hall–Kier alpha value is -3.29. The van der Waals surface area contributed by atoms with Gasteiger partial charge < -0.3 is 19.9 Å². The van der Waals surface area contributed by atoms with Crippen molar-refractivity contribution in [2.75, 3.05) is 27.1 Å². The van der Waals surface area contributed by atoms with Crippen LogP contribution in [-0.2, 0) is 9.47 Å². The van der Waals surface area contributed by atoms with Crippen LogP contribution in [0.4, 0.5) is 5.82 Å². The van der Waals surface area contributed by atoms with Crippen LogP contribution < -0.4 is 10.5 Å². The highest BCUT2D eigenvalue weighted by Gasteiger charge is 2.26. The van der Waals surface area contributed by atoms with Crippen LogP contribution in [0, 0.1) is 0 Å². The lowest BCUT2D eigenvalue weighted by Crippen LogP contribution is -2.11. The third-order valence-electron chi connectivity index (χ3n) is 3.27. The molecule has 0 aliphatic heterocycles. The van der Waals surface area contributed by atoms with Crippen LogP contribution in [0.3, 0.4) is 0 Å². The second-order valence-electron chi connectivity index (χ2n) is 4.65. The topological polar surface area (TPSA) is 105 Å². The van der Waals surface area contributed by atoms with Crippen molar-refractivity contribution in [1.29, 1.82) is 0 Å². The SMILES string of the molecule is COC(=O)c1cn(/N=C/c2ccc(OC)cc2)c(N)c1C(=O)OC. The number of hydrogen-bond acceptors (Lipinski definition) is 7. The monoisotopic (exact) mass is 331 g/mol. The summed E-state index contributed by atoms with van der Waals surface area (Å²) in [6.07, 6.45) is 2.84. The summed E-state index contributed by atoms with van der Waals surface area (Å²) in [6, 6.07) is 7.15. The van der Waals surface area contributed by atoms with Gasteiger partial charge in [0.15, 0.2) is 0 Å². The summed E-state index contributed by atoms with van der Waals surface area (Å²) in [6.45, 7) is 0. The normalized spacial score (nSPS) is 10.6. The molecule has 0 aliphatic carbocycles. The van der Waals surface area contributed by atoms with Crippen molar-refractivity contribution >= 4 is 24.0 Å². The molecule has 1 aromatic heterocycles. The molecule has 8 nitrogen and oxygen atoms in total. The Bertz CT molecular complexity index is 778. The number of hydrogen-bond donors (Lipinski definition) is 1. The van der Waals surface area contributed by atoms with Gasteiger partial charge in [0.2, 0.25) is 0 Å². The second-order valence-corrected chi connectivity index (χ2v) is 4.65. The van der Waals surface area contributed by atoms with Crippen molar-refractivity contribution in [3.8, 4) is 5.75 Å². The standard InChI is InChI=1S/C16H17N3O5/c1-22-11-6-4-10(5-7-11)8-18-19-9-12(15(20)23-2)13(14(19)17)16(21)24-3/h4-9H,17H2,1-3H3/b18-8+. The zero-order valence-corrected chi connectivity index (χ0v) is 13.5. The van der Waals surface area contributed by atoms with E-state index < -0.39 is 11.9 Å². The number of methoxy groups -OCH3 is 3. The van der Waals surface area contributed by atoms with Crippen LogP contribution in [-0.4, -0.2) is 44.2 Å². The minimum atomic E-state index is -0.744. The van der Waals surface area contributed by atoms with E-state index in [4.69, 9.17) is 10.5 Å². The number of esters is 2. The summed E-state index contributed by atoms with van der Waals surface area (Å²) in [7, 11) is 3.98. The van der Waals surface area contributed by atoms with E-state index in [-0.39, 0.29) is 16.9 Å². The van der Waals surface area contributed by atoms with Crippen molar-refractivity contribution in [3.63, 3.8) is 0 Å². The smallest absolute Gasteiger partial charge is 0.342 e. The van der Waals surface area contributed by atoms with Gasteiger partial charge in [0, 0.05) is 6.20 Å². The highest BCUT2D eigenvalue weighted by atomic mass is 16.5. The largest absolute Gasteiger partial charge is 0.497 e. The Morgan fingerprint density at radius 2 is 1.71 bits per heavy atom. The van der Waals surface area contributed by atoms with E-state index >= 15 is 0 Å². The zero-order valence-electron chi connectivity index (χ0n) is 13.5. The minimum Gasteiger partial charge on any atom is -0.497 e. The van der Waals surface area contributed by atoms with E-state index in [1.165, 1.54) is 31.3 Å². The second kappa shape index (κ2) is 7.32. The summed E-state index contributed by atoms with van der Waals surface area (Å²) in [5.41, 5.74) is 6.58. The molecule has 2 N–H and O–H groups in total. The maximum absolute atomic E-state index is 11.8. The van der Waals surface area contributed by atoms with Gasteiger partial charge >= 0.3 is 11.9 Å². The first kappa shape index (κ1) is 17.1. The number of carbonyl (C=O) groups is 2. The van der Waals surface area contributed by atoms with E-state index in [0.717, 1.165) is 5.56 Å². The van der Waals surface area contributed by atoms with Gasteiger partial charge in [-0.3, -0.25) is 0 Å². The van der Waals surface area contributed by atoms with Gasteiger partial charge in [-0.2, -0.15) is 5.10 Å². The molecule has 1 aromatic carbocycles. The molecule has 0 unspecified atom stereocenters. The van der Waals surface area contributed by atoms with Gasteiger partial charge in [0.05, 0.1) is 33.1 Å². The number of ether oxygens (including phenoxy) is 3. The van der Waals surface area contributed by atoms with E-state index in [1.807, 2.05) is 0 Å². The van der Waals surface area contributed by atoms with Gasteiger partial charge in [-0.05, 0) is 29.8 Å². The Labute approximate surface area is 138 Å². The molecular formula is C16H17N3O5. The highest BCUT2D eigenvalue weighted by molar-refractivity contribution is 6.06. The maximum atomic E-state index is 11.8. The summed E-state index contributed by atoms with van der Waals surface area (Å²) in [5, 5.41) is 4.16. The number of nitrogens with two attached hydrogens (primary N) is 1. The minimum absolute atomic E-state index is 0.0197. The molecule has 0 saturated heterocycles. The van der Waals surface area contributed by atoms with E-state index in [1.54, 1.807) is 31.4 Å². The third kappa shape index (κ3) is 3.37. The number of benzene rings is 1. The number of nitrogen functional groups attached to an aromatic ring is 1. The fraction of sp³-hybridized carbons (Fsp3) is 0.188. The van der Waals surface area contributed by atoms with Crippen LogP contribution in [0.25, 0.3) is 0 Å². The Kier molecular flexibility index (Phi) is 5.20. The maximum Gasteiger partial charge on any atom is 0.342 e. The van der Waals surface area contributed by atoms with Gasteiger partial charge in [0.25, 0.3) is 0 Å². The molecule has 2 aromatic rings. The Morgan fingerprint density at radius 3 is 2.25 bits per heavy atom. The predicted molar refractivity (Wildman–Crippen MR) is 87.5 cm³/mol. The van der Waals surface area contributed by atoms with Crippen molar-refractivity contribution in [1.82, 2.24) is 4.68 Å². The lowest BCUT2D eigenvalue weighted by atomic mass is 10.2. The third-order valence-corrected chi connectivity index (χ3v) is 3.27. The number of carbonyl (C=O) groups excluding carboxylic acids is 2. The lowest BCUT2D eigenvalue weighted by molar-refractivity contribution is 0.0557. The average molecular weight is 331 g/mol. The van der Waals surface area contributed by atoms with E-state index in [2.05, 4.69) is 14.6 Å². The van der Waals surface area contributed by atoms with Crippen LogP contribution >= 0.6 is 0 Å². The summed E-state index contributed by atoms with van der Waals surface area (Å²) >= 11 is 0. The molecule has 0 atom stereocenters. The molecule has 1 heterocycles. The zero-order chi connectivity index (χ0) is 17.7. The molecule has 0 spiro atoms. The predicted octanol–water partition coefficient (Wildman–Crippen LogP) is 1.53. The molecule has 0 amide bonds. The lowest BCUT2D eigenvalue weighted by Gasteiger charge is -2.02. The molecule has 2 rings (SSSR count). The fourth-order valence-electron chi connectivity index (χ4n) is 2.00. The van der Waals surface area contributed by atoms with Crippen molar-refractivity contribution in [2.45, 2.75) is 0 Å². The Balaban J connectivity index is 2.39. The number of aromatic nitrogens is 1. The molecule has 0 radical (unpaired) electrons. The molecule has 0 fully saturated rings. The summed E-state index contributed by atoms with van der Waals surface area (Å²) in [5.74, 6) is -0.757. The van der Waals surface area contributed by atoms with E-state index in [9.17, 15) is 9.59 Å². The van der Waals surface area contributed by atoms with Gasteiger partial charge in [-0.15, -0.1) is 0 Å². The first-order valence-electron chi connectivity index (χ1n) is 6.87. The Morgan fingerprint density at radius 1 is 1.08 bits per heavy atom. The molecule has 0 aliphatic rings. The number of anilines is 1. The van der Waals surface area contributed by atoms with Gasteiger partial charge in [-0.25, -0.2) is 14.3 Å².